The third-order valence-corrected chi connectivity index (χ3v) is 8.50. The van der Waals surface area contributed by atoms with Crippen molar-refractivity contribution < 1.29 is 63.9 Å². The summed E-state index contributed by atoms with van der Waals surface area (Å²) in [6.45, 7) is 4.14. The lowest BCUT2D eigenvalue weighted by Crippen LogP contribution is -2.60. The average molecular weight is 559 g/mol. The number of ether oxygens (including phenoxy) is 5. The molecule has 4 rings (SSSR count). The number of rotatable bonds is 3. The minimum absolute atomic E-state index is 0.00893. The molecule has 0 aromatic carbocycles. The molecule has 3 fully saturated rings. The topological polar surface area (TPSA) is 202 Å². The van der Waals surface area contributed by atoms with Crippen molar-refractivity contribution in [2.24, 2.45) is 23.7 Å². The number of hydrogen-bond donors (Lipinski definition) is 6. The van der Waals surface area contributed by atoms with Crippen LogP contribution in [0.2, 0.25) is 0 Å². The molecule has 4 aliphatic rings. The van der Waals surface area contributed by atoms with Gasteiger partial charge in [0.1, 0.15) is 30.0 Å². The fraction of sp³-hybridized carbons (Fsp3) is 0.769. The Morgan fingerprint density at radius 1 is 1.08 bits per heavy atom. The fourth-order valence-electron chi connectivity index (χ4n) is 6.03. The van der Waals surface area contributed by atoms with E-state index in [1.54, 1.807) is 19.9 Å². The second kappa shape index (κ2) is 11.8. The Labute approximate surface area is 225 Å². The fourth-order valence-corrected chi connectivity index (χ4v) is 6.03. The molecule has 13 nitrogen and oxygen atoms in total. The van der Waals surface area contributed by atoms with E-state index >= 15 is 0 Å². The minimum Gasteiger partial charge on any atom is -0.468 e. The van der Waals surface area contributed by atoms with E-state index in [2.05, 4.69) is 0 Å². The van der Waals surface area contributed by atoms with E-state index in [9.17, 15) is 40.2 Å². The molecule has 1 saturated carbocycles. The van der Waals surface area contributed by atoms with Gasteiger partial charge in [0.15, 0.2) is 6.29 Å². The van der Waals surface area contributed by atoms with Crippen molar-refractivity contribution in [1.82, 2.24) is 0 Å². The number of aliphatic hydroxyl groups is 6. The zero-order valence-corrected chi connectivity index (χ0v) is 22.1. The van der Waals surface area contributed by atoms with Gasteiger partial charge in [0.05, 0.1) is 44.2 Å². The summed E-state index contributed by atoms with van der Waals surface area (Å²) in [7, 11) is 0. The highest BCUT2D eigenvalue weighted by atomic mass is 16.8. The number of hydrogen-bond acceptors (Lipinski definition) is 13. The van der Waals surface area contributed by atoms with Crippen molar-refractivity contribution in [2.45, 2.75) is 82.3 Å². The number of allylic oxidation sites excluding steroid dienone is 1. The molecule has 1 aliphatic carbocycles. The first-order chi connectivity index (χ1) is 18.4. The lowest BCUT2D eigenvalue weighted by atomic mass is 9.77. The van der Waals surface area contributed by atoms with Gasteiger partial charge in [-0.05, 0) is 19.3 Å². The van der Waals surface area contributed by atoms with Crippen LogP contribution >= 0.6 is 0 Å². The van der Waals surface area contributed by atoms with Gasteiger partial charge in [0, 0.05) is 23.3 Å². The highest BCUT2D eigenvalue weighted by Crippen LogP contribution is 2.46. The third-order valence-electron chi connectivity index (χ3n) is 8.50. The molecule has 0 amide bonds. The van der Waals surface area contributed by atoms with Crippen molar-refractivity contribution in [1.29, 1.82) is 0 Å². The Morgan fingerprint density at radius 2 is 1.79 bits per heavy atom. The summed E-state index contributed by atoms with van der Waals surface area (Å²) in [4.78, 5) is 26.1. The number of carbonyl (C=O) groups is 2. The SMILES string of the molecule is CC=C1C(OC2OC(CO)C(O)C(O)C2O)OC=C2C(=O)OCC(C)C3(O)C(O)CC(C)C3COC(=O)CC21. The summed E-state index contributed by atoms with van der Waals surface area (Å²) in [5, 5.41) is 62.0. The Hall–Kier alpha value is -2.10. The second-order valence-corrected chi connectivity index (χ2v) is 10.8. The average Bonchev–Trinajstić information content (AvgIpc) is 3.13. The molecule has 0 spiro atoms. The summed E-state index contributed by atoms with van der Waals surface area (Å²) in [5.41, 5.74) is -1.32. The van der Waals surface area contributed by atoms with Gasteiger partial charge in [-0.2, -0.15) is 0 Å². The van der Waals surface area contributed by atoms with Crippen LogP contribution in [-0.2, 0) is 33.3 Å². The Bertz CT molecular complexity index is 979. The molecule has 12 atom stereocenters. The zero-order valence-electron chi connectivity index (χ0n) is 22.1. The normalized spacial score (nSPS) is 46.5. The van der Waals surface area contributed by atoms with Crippen molar-refractivity contribution in [3.8, 4) is 0 Å². The van der Waals surface area contributed by atoms with E-state index in [1.807, 2.05) is 6.92 Å². The predicted octanol–water partition coefficient (Wildman–Crippen LogP) is -1.52. The third kappa shape index (κ3) is 5.46. The first kappa shape index (κ1) is 29.9. The van der Waals surface area contributed by atoms with Gasteiger partial charge in [0.2, 0.25) is 6.29 Å². The summed E-state index contributed by atoms with van der Waals surface area (Å²) in [5.74, 6) is -3.77. The van der Waals surface area contributed by atoms with Gasteiger partial charge in [-0.3, -0.25) is 4.79 Å². The minimum atomic E-state index is -1.69. The van der Waals surface area contributed by atoms with Gasteiger partial charge in [-0.25, -0.2) is 4.79 Å². The van der Waals surface area contributed by atoms with Crippen LogP contribution in [0, 0.1) is 23.7 Å². The summed E-state index contributed by atoms with van der Waals surface area (Å²) >= 11 is 0. The van der Waals surface area contributed by atoms with E-state index in [0.717, 1.165) is 6.26 Å². The molecule has 0 radical (unpaired) electrons. The molecule has 6 N–H and O–H groups in total. The van der Waals surface area contributed by atoms with Crippen molar-refractivity contribution >= 4 is 11.9 Å². The summed E-state index contributed by atoms with van der Waals surface area (Å²) in [6, 6.07) is 0. The Kier molecular flexibility index (Phi) is 9.03. The summed E-state index contributed by atoms with van der Waals surface area (Å²) in [6.07, 6.45) is -7.38. The summed E-state index contributed by atoms with van der Waals surface area (Å²) < 4.78 is 27.8. The zero-order chi connectivity index (χ0) is 28.6. The standard InChI is InChI=1S/C26H38O13/c1-4-13-14-6-19(29)35-10-16-11(2)5-18(28)26(16,34)12(3)8-36-23(33)15(14)9-37-24(13)39-25-22(32)21(31)20(30)17(7-27)38-25/h4,9,11-12,14,16-18,20-22,24-25,27-28,30-32,34H,5-8,10H2,1-3H3. The second-order valence-electron chi connectivity index (χ2n) is 10.8. The van der Waals surface area contributed by atoms with Gasteiger partial charge in [-0.15, -0.1) is 0 Å². The lowest BCUT2D eigenvalue weighted by molar-refractivity contribution is -0.327. The number of esters is 2. The molecule has 3 aliphatic heterocycles. The van der Waals surface area contributed by atoms with Crippen molar-refractivity contribution in [3.63, 3.8) is 0 Å². The van der Waals surface area contributed by atoms with Gasteiger partial charge < -0.3 is 54.3 Å². The van der Waals surface area contributed by atoms with E-state index in [4.69, 9.17) is 23.7 Å². The molecule has 13 heteroatoms. The van der Waals surface area contributed by atoms with Gasteiger partial charge in [-0.1, -0.05) is 19.9 Å². The van der Waals surface area contributed by atoms with Crippen LogP contribution in [0.3, 0.4) is 0 Å². The Morgan fingerprint density at radius 3 is 2.46 bits per heavy atom. The molecule has 2 saturated heterocycles. The maximum atomic E-state index is 13.1. The number of fused-ring (bicyclic) bond motifs is 2. The molecular weight excluding hydrogens is 520 g/mol. The van der Waals surface area contributed by atoms with E-state index < -0.39 is 85.0 Å². The maximum absolute atomic E-state index is 13.1. The molecular formula is C26H38O13. The van der Waals surface area contributed by atoms with Crippen LogP contribution in [0.25, 0.3) is 0 Å². The lowest BCUT2D eigenvalue weighted by Gasteiger charge is -2.42. The molecule has 12 unspecified atom stereocenters. The van der Waals surface area contributed by atoms with Crippen LogP contribution in [0.4, 0.5) is 0 Å². The van der Waals surface area contributed by atoms with Crippen LogP contribution in [0.1, 0.15) is 33.6 Å². The molecule has 0 aromatic heterocycles. The van der Waals surface area contributed by atoms with Crippen LogP contribution in [-0.4, -0.2) is 111 Å². The first-order valence-corrected chi connectivity index (χ1v) is 13.1. The molecule has 39 heavy (non-hydrogen) atoms. The molecule has 0 bridgehead atoms. The van der Waals surface area contributed by atoms with Gasteiger partial charge in [0.25, 0.3) is 0 Å². The maximum Gasteiger partial charge on any atom is 0.337 e. The quantitative estimate of drug-likeness (QED) is 0.172. The predicted molar refractivity (Wildman–Crippen MR) is 129 cm³/mol. The number of aliphatic hydroxyl groups excluding tert-OH is 5. The van der Waals surface area contributed by atoms with E-state index in [0.29, 0.717) is 12.0 Å². The highest BCUT2D eigenvalue weighted by molar-refractivity contribution is 5.91. The molecule has 3 heterocycles. The van der Waals surface area contributed by atoms with Crippen LogP contribution in [0.5, 0.6) is 0 Å². The number of carbonyl (C=O) groups excluding carboxylic acids is 2. The smallest absolute Gasteiger partial charge is 0.337 e. The largest absolute Gasteiger partial charge is 0.468 e. The molecule has 220 valence electrons. The van der Waals surface area contributed by atoms with Crippen LogP contribution < -0.4 is 0 Å². The highest BCUT2D eigenvalue weighted by Gasteiger charge is 2.56. The molecule has 0 aromatic rings. The first-order valence-electron chi connectivity index (χ1n) is 13.1. The van der Waals surface area contributed by atoms with Crippen LogP contribution in [0.15, 0.2) is 23.5 Å². The van der Waals surface area contributed by atoms with Crippen molar-refractivity contribution in [2.75, 3.05) is 19.8 Å². The van der Waals surface area contributed by atoms with E-state index in [-0.39, 0.29) is 31.1 Å². The monoisotopic (exact) mass is 558 g/mol. The Balaban J connectivity index is 1.58. The van der Waals surface area contributed by atoms with E-state index in [1.165, 1.54) is 0 Å². The number of cyclic esters (lactones) is 2. The van der Waals surface area contributed by atoms with Gasteiger partial charge >= 0.3 is 11.9 Å². The van der Waals surface area contributed by atoms with Crippen molar-refractivity contribution in [3.05, 3.63) is 23.5 Å².